The Morgan fingerprint density at radius 2 is 1.63 bits per heavy atom. The van der Waals surface area contributed by atoms with E-state index in [9.17, 15) is 4.79 Å². The third-order valence-corrected chi connectivity index (χ3v) is 16.3. The van der Waals surface area contributed by atoms with Crippen molar-refractivity contribution in [3.63, 3.8) is 0 Å². The Morgan fingerprint density at radius 1 is 0.978 bits per heavy atom. The second-order valence-electron chi connectivity index (χ2n) is 15.2. The molecule has 2 saturated carbocycles. The largest absolute Gasteiger partial charge is 0.531 e. The summed E-state index contributed by atoms with van der Waals surface area (Å²) in [4.78, 5) is 11.7. The van der Waals surface area contributed by atoms with Gasteiger partial charge in [0.15, 0.2) is 11.5 Å². The number of ether oxygens (including phenoxy) is 3. The van der Waals surface area contributed by atoms with Gasteiger partial charge in [0.25, 0.3) is 0 Å². The van der Waals surface area contributed by atoms with Crippen molar-refractivity contribution in [3.8, 4) is 17.2 Å². The average molecular weight is 637 g/mol. The zero-order valence-electron chi connectivity index (χ0n) is 28.1. The molecule has 4 aliphatic rings. The number of aryl methyl sites for hydroxylation is 1. The van der Waals surface area contributed by atoms with Crippen molar-refractivity contribution >= 4 is 24.7 Å². The lowest BCUT2D eigenvalue weighted by Crippen LogP contribution is -2.68. The minimum absolute atomic E-state index is 0.179. The van der Waals surface area contributed by atoms with Crippen LogP contribution in [0.2, 0.25) is 5.04 Å². The Kier molecular flexibility index (Phi) is 8.07. The minimum atomic E-state index is -2.89. The van der Waals surface area contributed by atoms with E-state index >= 15 is 0 Å². The van der Waals surface area contributed by atoms with Crippen molar-refractivity contribution in [1.82, 2.24) is 0 Å². The van der Waals surface area contributed by atoms with Crippen LogP contribution in [-0.2, 0) is 16.0 Å². The standard InChI is InChI=1S/C40H48O5Si/c1-27(41)42-22-20-29-26-40(5)21-12-17-33(40)32-19-18-28-25-34(37-38(36(28)35(29)32)44-24-23-43-37)45-46(39(2,3)4,30-13-8-6-9-14-30)31-15-10-7-11-16-31/h6-11,13-16,20,25,32-33,35H,12,17-19,21-24,26H2,1-5H3/t32-,33-,35-,40-/m0/s1. The highest BCUT2D eigenvalue weighted by atomic mass is 28.4. The van der Waals surface area contributed by atoms with E-state index in [1.165, 1.54) is 53.3 Å². The van der Waals surface area contributed by atoms with Gasteiger partial charge >= 0.3 is 14.3 Å². The molecule has 3 aromatic rings. The summed E-state index contributed by atoms with van der Waals surface area (Å²) in [5.74, 6) is 3.63. The van der Waals surface area contributed by atoms with Gasteiger partial charge in [-0.25, -0.2) is 0 Å². The van der Waals surface area contributed by atoms with Gasteiger partial charge in [-0.1, -0.05) is 100 Å². The molecule has 0 N–H and O–H groups in total. The number of hydrogen-bond acceptors (Lipinski definition) is 5. The molecule has 0 spiro atoms. The summed E-state index contributed by atoms with van der Waals surface area (Å²) in [6, 6.07) is 23.9. The van der Waals surface area contributed by atoms with Crippen LogP contribution in [0.1, 0.15) is 83.8 Å². The second-order valence-corrected chi connectivity index (χ2v) is 19.4. The van der Waals surface area contributed by atoms with E-state index in [4.69, 9.17) is 18.6 Å². The Labute approximate surface area is 275 Å². The Morgan fingerprint density at radius 3 is 2.26 bits per heavy atom. The van der Waals surface area contributed by atoms with Crippen LogP contribution in [0, 0.1) is 17.3 Å². The smallest absolute Gasteiger partial charge is 0.320 e. The molecule has 0 amide bonds. The maximum atomic E-state index is 11.7. The maximum absolute atomic E-state index is 11.7. The first-order valence-corrected chi connectivity index (χ1v) is 19.1. The van der Waals surface area contributed by atoms with E-state index < -0.39 is 8.32 Å². The van der Waals surface area contributed by atoms with Gasteiger partial charge < -0.3 is 18.6 Å². The normalized spacial score (nSPS) is 26.1. The van der Waals surface area contributed by atoms with Crippen LogP contribution in [-0.4, -0.2) is 34.1 Å². The molecule has 3 aromatic carbocycles. The van der Waals surface area contributed by atoms with Gasteiger partial charge in [0.1, 0.15) is 19.8 Å². The van der Waals surface area contributed by atoms with E-state index in [1.54, 1.807) is 0 Å². The Bertz CT molecular complexity index is 1590. The molecule has 242 valence electrons. The van der Waals surface area contributed by atoms with Gasteiger partial charge in [-0.2, -0.15) is 0 Å². The minimum Gasteiger partial charge on any atom is -0.531 e. The summed E-state index contributed by atoms with van der Waals surface area (Å²) in [6.45, 7) is 12.2. The average Bonchev–Trinajstić information content (AvgIpc) is 3.44. The van der Waals surface area contributed by atoms with Crippen molar-refractivity contribution in [3.05, 3.63) is 89.5 Å². The van der Waals surface area contributed by atoms with E-state index in [0.717, 1.165) is 36.5 Å². The highest BCUT2D eigenvalue weighted by molar-refractivity contribution is 7.00. The molecule has 1 heterocycles. The third kappa shape index (κ3) is 5.17. The van der Waals surface area contributed by atoms with Crippen LogP contribution < -0.4 is 24.3 Å². The molecule has 3 aliphatic carbocycles. The van der Waals surface area contributed by atoms with Gasteiger partial charge in [0.2, 0.25) is 5.75 Å². The zero-order valence-corrected chi connectivity index (χ0v) is 29.1. The van der Waals surface area contributed by atoms with Crippen molar-refractivity contribution in [2.75, 3.05) is 19.8 Å². The fraction of sp³-hybridized carbons (Fsp3) is 0.475. The van der Waals surface area contributed by atoms with Gasteiger partial charge in [-0.15, -0.1) is 0 Å². The predicted molar refractivity (Wildman–Crippen MR) is 185 cm³/mol. The number of fused-ring (bicyclic) bond motifs is 7. The summed E-state index contributed by atoms with van der Waals surface area (Å²) in [5.41, 5.74) is 4.27. The van der Waals surface area contributed by atoms with E-state index in [1.807, 2.05) is 0 Å². The fourth-order valence-electron chi connectivity index (χ4n) is 9.54. The van der Waals surface area contributed by atoms with Crippen LogP contribution in [0.15, 0.2) is 78.4 Å². The number of esters is 1. The molecule has 0 unspecified atom stereocenters. The zero-order chi connectivity index (χ0) is 32.1. The Hall–Kier alpha value is -3.51. The highest BCUT2D eigenvalue weighted by Crippen LogP contribution is 2.65. The van der Waals surface area contributed by atoms with Crippen LogP contribution in [0.5, 0.6) is 17.2 Å². The number of benzene rings is 3. The molecular weight excluding hydrogens is 589 g/mol. The summed E-state index contributed by atoms with van der Waals surface area (Å²) in [7, 11) is -2.89. The summed E-state index contributed by atoms with van der Waals surface area (Å²) in [6.07, 6.45) is 9.22. The summed E-state index contributed by atoms with van der Waals surface area (Å²) >= 11 is 0. The van der Waals surface area contributed by atoms with Gasteiger partial charge in [-0.05, 0) is 82.5 Å². The lowest BCUT2D eigenvalue weighted by molar-refractivity contribution is -0.139. The number of rotatable bonds is 6. The van der Waals surface area contributed by atoms with Crippen molar-refractivity contribution < 1.29 is 23.4 Å². The first-order chi connectivity index (χ1) is 22.1. The van der Waals surface area contributed by atoms with Crippen LogP contribution in [0.3, 0.4) is 0 Å². The quantitative estimate of drug-likeness (QED) is 0.157. The fourth-order valence-corrected chi connectivity index (χ4v) is 13.9. The second kappa shape index (κ2) is 11.9. The van der Waals surface area contributed by atoms with Crippen molar-refractivity contribution in [1.29, 1.82) is 0 Å². The molecule has 7 rings (SSSR count). The van der Waals surface area contributed by atoms with Crippen molar-refractivity contribution in [2.45, 2.75) is 84.1 Å². The van der Waals surface area contributed by atoms with E-state index in [2.05, 4.69) is 101 Å². The number of allylic oxidation sites excluding steroid dienone is 1. The van der Waals surface area contributed by atoms with Crippen LogP contribution in [0.25, 0.3) is 0 Å². The molecule has 0 radical (unpaired) electrons. The molecule has 0 bridgehead atoms. The Balaban J connectivity index is 1.40. The first-order valence-electron chi connectivity index (χ1n) is 17.2. The van der Waals surface area contributed by atoms with Gasteiger partial charge in [0.05, 0.1) is 0 Å². The number of carbonyl (C=O) groups is 1. The van der Waals surface area contributed by atoms with Crippen LogP contribution in [0.4, 0.5) is 0 Å². The lowest BCUT2D eigenvalue weighted by Gasteiger charge is -2.51. The predicted octanol–water partition coefficient (Wildman–Crippen LogP) is 7.74. The van der Waals surface area contributed by atoms with Gasteiger partial charge in [0, 0.05) is 18.4 Å². The van der Waals surface area contributed by atoms with E-state index in [-0.39, 0.29) is 16.9 Å². The lowest BCUT2D eigenvalue weighted by atomic mass is 9.54. The van der Waals surface area contributed by atoms with Crippen molar-refractivity contribution in [2.24, 2.45) is 17.3 Å². The summed E-state index contributed by atoms with van der Waals surface area (Å²) < 4.78 is 26.3. The topological polar surface area (TPSA) is 54.0 Å². The van der Waals surface area contributed by atoms with Gasteiger partial charge in [-0.3, -0.25) is 4.79 Å². The molecular formula is C40H48O5Si. The highest BCUT2D eigenvalue weighted by Gasteiger charge is 2.55. The molecule has 1 aliphatic heterocycles. The number of hydrogen-bond donors (Lipinski definition) is 0. The van der Waals surface area contributed by atoms with Crippen LogP contribution >= 0.6 is 0 Å². The molecule has 4 atom stereocenters. The molecule has 5 nitrogen and oxygen atoms in total. The molecule has 6 heteroatoms. The SMILES string of the molecule is CC(=O)OCC=C1C[C@]2(C)CCC[C@H]2[C@@H]2CCc3cc(O[Si](c4ccccc4)(c4ccccc4)C(C)(C)C)c4c(c3[C@@H]12)OCCO4. The third-order valence-electron chi connectivity index (χ3n) is 11.4. The molecule has 0 saturated heterocycles. The molecule has 46 heavy (non-hydrogen) atoms. The number of carbonyl (C=O) groups excluding carboxylic acids is 1. The summed E-state index contributed by atoms with van der Waals surface area (Å²) in [5, 5.41) is 2.29. The monoisotopic (exact) mass is 636 g/mol. The molecule has 2 fully saturated rings. The van der Waals surface area contributed by atoms with E-state index in [0.29, 0.717) is 37.1 Å². The molecule has 0 aromatic heterocycles. The first kappa shape index (κ1) is 31.1. The maximum Gasteiger partial charge on any atom is 0.320 e.